The van der Waals surface area contributed by atoms with Crippen LogP contribution in [-0.2, 0) is 4.79 Å². The van der Waals surface area contributed by atoms with E-state index in [1.54, 1.807) is 0 Å². The zero-order valence-electron chi connectivity index (χ0n) is 5.92. The first-order chi connectivity index (χ1) is 4.75. The molecule has 0 aromatic rings. The molecule has 0 aliphatic heterocycles. The normalized spacial score (nSPS) is 32.5. The minimum Gasteiger partial charge on any atom is -0.396 e. The van der Waals surface area contributed by atoms with Crippen molar-refractivity contribution >= 4 is 5.91 Å². The Morgan fingerprint density at radius 1 is 1.60 bits per heavy atom. The summed E-state index contributed by atoms with van der Waals surface area (Å²) in [7, 11) is 0. The summed E-state index contributed by atoms with van der Waals surface area (Å²) in [5.74, 6) is -0.181. The molecule has 2 atom stereocenters. The number of aliphatic hydroxyl groups excluding tert-OH is 1. The minimum atomic E-state index is -0.253. The van der Waals surface area contributed by atoms with Crippen LogP contribution >= 0.6 is 0 Å². The van der Waals surface area contributed by atoms with E-state index >= 15 is 0 Å². The highest BCUT2D eigenvalue weighted by molar-refractivity contribution is 5.77. The Labute approximate surface area is 60.2 Å². The molecule has 0 heterocycles. The fourth-order valence-electron chi connectivity index (χ4n) is 1.63. The third-order valence-electron chi connectivity index (χ3n) is 2.26. The van der Waals surface area contributed by atoms with Crippen molar-refractivity contribution in [3.8, 4) is 0 Å². The molecule has 0 aromatic heterocycles. The van der Waals surface area contributed by atoms with Gasteiger partial charge in [0.05, 0.1) is 0 Å². The maximum Gasteiger partial charge on any atom is 0.220 e. The summed E-state index contributed by atoms with van der Waals surface area (Å²) >= 11 is 0. The van der Waals surface area contributed by atoms with Crippen molar-refractivity contribution in [3.63, 3.8) is 0 Å². The first-order valence-electron chi connectivity index (χ1n) is 3.66. The molecule has 10 heavy (non-hydrogen) atoms. The highest BCUT2D eigenvalue weighted by Gasteiger charge is 2.30. The van der Waals surface area contributed by atoms with Gasteiger partial charge >= 0.3 is 0 Å². The van der Waals surface area contributed by atoms with E-state index in [2.05, 4.69) is 0 Å². The predicted molar refractivity (Wildman–Crippen MR) is 37.1 cm³/mol. The van der Waals surface area contributed by atoms with Gasteiger partial charge in [-0.3, -0.25) is 4.79 Å². The molecule has 3 heteroatoms. The Morgan fingerprint density at radius 3 is 2.70 bits per heavy atom. The van der Waals surface area contributed by atoms with Gasteiger partial charge in [0.25, 0.3) is 0 Å². The lowest BCUT2D eigenvalue weighted by atomic mass is 9.97. The maximum atomic E-state index is 10.7. The van der Waals surface area contributed by atoms with Gasteiger partial charge in [-0.25, -0.2) is 0 Å². The van der Waals surface area contributed by atoms with Crippen LogP contribution in [0.2, 0.25) is 0 Å². The van der Waals surface area contributed by atoms with Crippen molar-refractivity contribution in [1.82, 2.24) is 0 Å². The summed E-state index contributed by atoms with van der Waals surface area (Å²) in [5, 5.41) is 8.78. The standard InChI is InChI=1S/C7H13NO2/c8-7(10)6-3-1-2-5(6)4-9/h5-6,9H,1-4H2,(H2,8,10). The van der Waals surface area contributed by atoms with Crippen LogP contribution in [0.1, 0.15) is 19.3 Å². The smallest absolute Gasteiger partial charge is 0.220 e. The molecule has 0 radical (unpaired) electrons. The Morgan fingerprint density at radius 2 is 2.30 bits per heavy atom. The Bertz CT molecular complexity index is 136. The number of nitrogens with two attached hydrogens (primary N) is 1. The van der Waals surface area contributed by atoms with E-state index in [9.17, 15) is 4.79 Å². The van der Waals surface area contributed by atoms with E-state index in [1.807, 2.05) is 0 Å². The van der Waals surface area contributed by atoms with Crippen molar-refractivity contribution in [2.75, 3.05) is 6.61 Å². The van der Waals surface area contributed by atoms with Gasteiger partial charge in [0, 0.05) is 12.5 Å². The van der Waals surface area contributed by atoms with Gasteiger partial charge in [-0.1, -0.05) is 6.42 Å². The molecule has 1 fully saturated rings. The number of hydrogen-bond acceptors (Lipinski definition) is 2. The van der Waals surface area contributed by atoms with Gasteiger partial charge in [0.1, 0.15) is 0 Å². The van der Waals surface area contributed by atoms with Gasteiger partial charge in [0.15, 0.2) is 0 Å². The van der Waals surface area contributed by atoms with Gasteiger partial charge in [0.2, 0.25) is 5.91 Å². The van der Waals surface area contributed by atoms with E-state index in [1.165, 1.54) is 0 Å². The van der Waals surface area contributed by atoms with Crippen molar-refractivity contribution in [1.29, 1.82) is 0 Å². The predicted octanol–water partition coefficient (Wildman–Crippen LogP) is -0.120. The molecule has 58 valence electrons. The molecule has 0 bridgehead atoms. The topological polar surface area (TPSA) is 63.3 Å². The lowest BCUT2D eigenvalue weighted by Crippen LogP contribution is -2.27. The zero-order valence-corrected chi connectivity index (χ0v) is 5.92. The van der Waals surface area contributed by atoms with Crippen LogP contribution in [0.5, 0.6) is 0 Å². The van der Waals surface area contributed by atoms with Crippen molar-refractivity contribution in [2.45, 2.75) is 19.3 Å². The molecule has 1 aliphatic carbocycles. The van der Waals surface area contributed by atoms with Crippen LogP contribution in [0.3, 0.4) is 0 Å². The average molecular weight is 143 g/mol. The summed E-state index contributed by atoms with van der Waals surface area (Å²) in [6.45, 7) is 0.105. The van der Waals surface area contributed by atoms with E-state index in [0.29, 0.717) is 0 Å². The van der Waals surface area contributed by atoms with Crippen molar-refractivity contribution < 1.29 is 9.90 Å². The molecule has 0 aromatic carbocycles. The number of amides is 1. The minimum absolute atomic E-state index is 0.0648. The molecule has 3 N–H and O–H groups in total. The summed E-state index contributed by atoms with van der Waals surface area (Å²) in [4.78, 5) is 10.7. The van der Waals surface area contributed by atoms with Gasteiger partial charge in [-0.2, -0.15) is 0 Å². The summed E-state index contributed by atoms with van der Waals surface area (Å²) < 4.78 is 0. The van der Waals surface area contributed by atoms with E-state index in [-0.39, 0.29) is 24.3 Å². The molecule has 1 rings (SSSR count). The monoisotopic (exact) mass is 143 g/mol. The number of carbonyl (C=O) groups is 1. The Kier molecular flexibility index (Phi) is 2.27. The molecule has 0 spiro atoms. The fraction of sp³-hybridized carbons (Fsp3) is 0.857. The van der Waals surface area contributed by atoms with Crippen LogP contribution in [0, 0.1) is 11.8 Å². The van der Waals surface area contributed by atoms with E-state index in [0.717, 1.165) is 19.3 Å². The number of carbonyl (C=O) groups excluding carboxylic acids is 1. The second-order valence-corrected chi connectivity index (χ2v) is 2.88. The second kappa shape index (κ2) is 3.01. The number of primary amides is 1. The molecule has 2 unspecified atom stereocenters. The van der Waals surface area contributed by atoms with Gasteiger partial charge in [-0.15, -0.1) is 0 Å². The maximum absolute atomic E-state index is 10.7. The van der Waals surface area contributed by atoms with E-state index in [4.69, 9.17) is 10.8 Å². The number of rotatable bonds is 2. The van der Waals surface area contributed by atoms with E-state index < -0.39 is 0 Å². The molecular weight excluding hydrogens is 130 g/mol. The molecular formula is C7H13NO2. The van der Waals surface area contributed by atoms with Crippen LogP contribution in [0.15, 0.2) is 0 Å². The van der Waals surface area contributed by atoms with Gasteiger partial charge in [-0.05, 0) is 18.8 Å². The SMILES string of the molecule is NC(=O)C1CCCC1CO. The number of hydrogen-bond donors (Lipinski definition) is 2. The summed E-state index contributed by atoms with van der Waals surface area (Å²) in [6.07, 6.45) is 2.84. The van der Waals surface area contributed by atoms with Crippen LogP contribution in [0.25, 0.3) is 0 Å². The molecule has 1 aliphatic rings. The molecule has 0 saturated heterocycles. The highest BCUT2D eigenvalue weighted by atomic mass is 16.3. The highest BCUT2D eigenvalue weighted by Crippen LogP contribution is 2.30. The molecule has 1 amide bonds. The first-order valence-corrected chi connectivity index (χ1v) is 3.66. The molecule has 1 saturated carbocycles. The molecule has 3 nitrogen and oxygen atoms in total. The Balaban J connectivity index is 2.50. The van der Waals surface area contributed by atoms with Crippen LogP contribution in [-0.4, -0.2) is 17.6 Å². The zero-order chi connectivity index (χ0) is 7.56. The lowest BCUT2D eigenvalue weighted by molar-refractivity contribution is -0.123. The third kappa shape index (κ3) is 1.29. The fourth-order valence-corrected chi connectivity index (χ4v) is 1.63. The summed E-state index contributed by atoms with van der Waals surface area (Å²) in [5.41, 5.74) is 5.11. The largest absolute Gasteiger partial charge is 0.396 e. The Hall–Kier alpha value is -0.570. The average Bonchev–Trinajstić information content (AvgIpc) is 2.33. The second-order valence-electron chi connectivity index (χ2n) is 2.88. The van der Waals surface area contributed by atoms with Crippen molar-refractivity contribution in [3.05, 3.63) is 0 Å². The van der Waals surface area contributed by atoms with Crippen LogP contribution < -0.4 is 5.73 Å². The third-order valence-corrected chi connectivity index (χ3v) is 2.26. The van der Waals surface area contributed by atoms with Crippen LogP contribution in [0.4, 0.5) is 0 Å². The lowest BCUT2D eigenvalue weighted by Gasteiger charge is -2.11. The van der Waals surface area contributed by atoms with Gasteiger partial charge < -0.3 is 10.8 Å². The first kappa shape index (κ1) is 7.54. The van der Waals surface area contributed by atoms with Crippen molar-refractivity contribution in [2.24, 2.45) is 17.6 Å². The quantitative estimate of drug-likeness (QED) is 0.566. The number of aliphatic hydroxyl groups is 1. The summed E-state index contributed by atoms with van der Waals surface area (Å²) in [6, 6.07) is 0.